The maximum absolute atomic E-state index is 4.79. The number of para-hydroxylation sites is 1. The van der Waals surface area contributed by atoms with Crippen LogP contribution in [0.5, 0.6) is 0 Å². The molecule has 1 N–H and O–H groups in total. The van der Waals surface area contributed by atoms with Crippen LogP contribution < -0.4 is 5.43 Å². The van der Waals surface area contributed by atoms with Crippen molar-refractivity contribution in [3.63, 3.8) is 0 Å². The lowest BCUT2D eigenvalue weighted by Gasteiger charge is -2.10. The third kappa shape index (κ3) is 5.20. The number of unbranched alkanes of at least 4 members (excludes halogenated alkanes) is 2. The summed E-state index contributed by atoms with van der Waals surface area (Å²) in [5, 5.41) is 5.60. The highest BCUT2D eigenvalue weighted by Gasteiger charge is 2.09. The first-order valence-corrected chi connectivity index (χ1v) is 11.4. The quantitative estimate of drug-likeness (QED) is 0.186. The van der Waals surface area contributed by atoms with Crippen LogP contribution in [0, 0.1) is 6.92 Å². The van der Waals surface area contributed by atoms with E-state index < -0.39 is 0 Å². The highest BCUT2D eigenvalue weighted by molar-refractivity contribution is 5.99. The van der Waals surface area contributed by atoms with Gasteiger partial charge in [-0.2, -0.15) is 5.10 Å². The van der Waals surface area contributed by atoms with Crippen LogP contribution in [0.25, 0.3) is 22.3 Å². The molecule has 0 saturated carbocycles. The predicted molar refractivity (Wildman–Crippen MR) is 135 cm³/mol. The zero-order chi connectivity index (χ0) is 22.3. The highest BCUT2D eigenvalue weighted by Crippen LogP contribution is 2.25. The van der Waals surface area contributed by atoms with E-state index in [1.807, 2.05) is 31.2 Å². The van der Waals surface area contributed by atoms with Crippen molar-refractivity contribution in [3.8, 4) is 11.4 Å². The van der Waals surface area contributed by atoms with E-state index in [4.69, 9.17) is 9.97 Å². The van der Waals surface area contributed by atoms with Gasteiger partial charge in [-0.1, -0.05) is 86.0 Å². The summed E-state index contributed by atoms with van der Waals surface area (Å²) in [7, 11) is 0. The van der Waals surface area contributed by atoms with E-state index >= 15 is 0 Å². The summed E-state index contributed by atoms with van der Waals surface area (Å²) in [6, 6.07) is 25.0. The van der Waals surface area contributed by atoms with E-state index in [2.05, 4.69) is 72.9 Å². The molecule has 0 fully saturated rings. The van der Waals surface area contributed by atoms with Gasteiger partial charge < -0.3 is 0 Å². The molecule has 0 spiro atoms. The Balaban J connectivity index is 1.59. The normalized spacial score (nSPS) is 11.7. The van der Waals surface area contributed by atoms with Gasteiger partial charge in [-0.15, -0.1) is 0 Å². The number of nitrogens with zero attached hydrogens (tertiary/aromatic N) is 3. The molecule has 0 aliphatic carbocycles. The fourth-order valence-electron chi connectivity index (χ4n) is 3.69. The Kier molecular flexibility index (Phi) is 6.90. The van der Waals surface area contributed by atoms with Crippen LogP contribution in [0.3, 0.4) is 0 Å². The van der Waals surface area contributed by atoms with Crippen molar-refractivity contribution in [1.29, 1.82) is 0 Å². The van der Waals surface area contributed by atoms with Crippen LogP contribution in [0.1, 0.15) is 49.8 Å². The Morgan fingerprint density at radius 2 is 1.62 bits per heavy atom. The third-order valence-electron chi connectivity index (χ3n) is 5.68. The first-order valence-electron chi connectivity index (χ1n) is 11.4. The van der Waals surface area contributed by atoms with E-state index in [0.29, 0.717) is 11.6 Å². The molecule has 0 radical (unpaired) electrons. The summed E-state index contributed by atoms with van der Waals surface area (Å²) in [5.74, 6) is 1.40. The molecule has 0 unspecified atom stereocenters. The number of nitrogens with one attached hydrogen (secondary N) is 1. The summed E-state index contributed by atoms with van der Waals surface area (Å²) in [6.45, 7) is 6.33. The molecule has 4 heteroatoms. The van der Waals surface area contributed by atoms with E-state index in [9.17, 15) is 0 Å². The molecule has 0 aliphatic rings. The fraction of sp³-hybridized carbons (Fsp3) is 0.250. The van der Waals surface area contributed by atoms with Crippen LogP contribution in [0.15, 0.2) is 77.9 Å². The first-order chi connectivity index (χ1) is 15.6. The number of rotatable bonds is 8. The minimum atomic E-state index is 0.690. The van der Waals surface area contributed by atoms with Crippen molar-refractivity contribution in [1.82, 2.24) is 9.97 Å². The van der Waals surface area contributed by atoms with Crippen LogP contribution >= 0.6 is 0 Å². The number of hydrazone groups is 1. The molecule has 1 heterocycles. The number of benzene rings is 3. The van der Waals surface area contributed by atoms with Crippen molar-refractivity contribution >= 4 is 22.4 Å². The minimum absolute atomic E-state index is 0.690. The van der Waals surface area contributed by atoms with Crippen LogP contribution in [-0.2, 0) is 6.42 Å². The number of hydrogen-bond donors (Lipinski definition) is 1. The van der Waals surface area contributed by atoms with E-state index in [1.54, 1.807) is 0 Å². The lowest BCUT2D eigenvalue weighted by Crippen LogP contribution is -2.03. The number of hydrogen-bond acceptors (Lipinski definition) is 4. The molecule has 4 aromatic rings. The number of anilines is 1. The second-order valence-electron chi connectivity index (χ2n) is 8.24. The Hall–Kier alpha value is -3.53. The van der Waals surface area contributed by atoms with Gasteiger partial charge in [0.05, 0.1) is 11.2 Å². The molecule has 1 aromatic heterocycles. The average Bonchev–Trinajstić information content (AvgIpc) is 2.83. The van der Waals surface area contributed by atoms with Gasteiger partial charge in [0.25, 0.3) is 0 Å². The molecular formula is C28H30N4. The maximum Gasteiger partial charge on any atom is 0.162 e. The molecule has 4 nitrogen and oxygen atoms in total. The highest BCUT2D eigenvalue weighted by atomic mass is 15.3. The fourth-order valence-corrected chi connectivity index (χ4v) is 3.69. The zero-order valence-corrected chi connectivity index (χ0v) is 19.1. The lowest BCUT2D eigenvalue weighted by atomic mass is 10.0. The standard InChI is InChI=1S/C28H30N4/c1-4-5-6-9-22-14-18-23(19-15-22)21(3)31-32-28-25-10-7-8-11-26(25)29-27(30-28)24-16-12-20(2)13-17-24/h7-8,10-19H,4-6,9H2,1-3H3,(H,29,30,32). The number of aryl methyl sites for hydroxylation is 2. The Bertz CT molecular complexity index is 1210. The van der Waals surface area contributed by atoms with Crippen molar-refractivity contribution in [2.45, 2.75) is 46.5 Å². The van der Waals surface area contributed by atoms with Crippen molar-refractivity contribution in [3.05, 3.63) is 89.5 Å². The molecule has 0 saturated heterocycles. The smallest absolute Gasteiger partial charge is 0.162 e. The van der Waals surface area contributed by atoms with Gasteiger partial charge in [0.1, 0.15) is 0 Å². The molecule has 0 aliphatic heterocycles. The van der Waals surface area contributed by atoms with Gasteiger partial charge in [-0.25, -0.2) is 9.97 Å². The largest absolute Gasteiger partial charge is 0.260 e. The van der Waals surface area contributed by atoms with Gasteiger partial charge >= 0.3 is 0 Å². The topological polar surface area (TPSA) is 50.2 Å². The molecular weight excluding hydrogens is 392 g/mol. The third-order valence-corrected chi connectivity index (χ3v) is 5.68. The molecule has 4 rings (SSSR count). The van der Waals surface area contributed by atoms with Crippen LogP contribution in [0.4, 0.5) is 5.82 Å². The molecule has 162 valence electrons. The zero-order valence-electron chi connectivity index (χ0n) is 19.1. The Labute approximate surface area is 190 Å². The van der Waals surface area contributed by atoms with Gasteiger partial charge in [-0.05, 0) is 49.9 Å². The second-order valence-corrected chi connectivity index (χ2v) is 8.24. The van der Waals surface area contributed by atoms with Crippen LogP contribution in [0.2, 0.25) is 0 Å². The summed E-state index contributed by atoms with van der Waals surface area (Å²) in [6.07, 6.45) is 4.91. The SMILES string of the molecule is CCCCCc1ccc(C(C)=NNc2nc(-c3ccc(C)cc3)nc3ccccc23)cc1. The monoisotopic (exact) mass is 422 g/mol. The Morgan fingerprint density at radius 3 is 2.38 bits per heavy atom. The van der Waals surface area contributed by atoms with Crippen molar-refractivity contribution < 1.29 is 0 Å². The lowest BCUT2D eigenvalue weighted by molar-refractivity contribution is 0.717. The maximum atomic E-state index is 4.79. The summed E-state index contributed by atoms with van der Waals surface area (Å²) in [5.41, 5.74) is 9.70. The van der Waals surface area contributed by atoms with Crippen LogP contribution in [-0.4, -0.2) is 15.7 Å². The van der Waals surface area contributed by atoms with E-state index in [-0.39, 0.29) is 0 Å². The molecule has 32 heavy (non-hydrogen) atoms. The molecule has 0 amide bonds. The average molecular weight is 423 g/mol. The summed E-state index contributed by atoms with van der Waals surface area (Å²) in [4.78, 5) is 9.55. The second kappa shape index (κ2) is 10.2. The molecule has 3 aromatic carbocycles. The molecule has 0 atom stereocenters. The van der Waals surface area contributed by atoms with Crippen molar-refractivity contribution in [2.24, 2.45) is 5.10 Å². The van der Waals surface area contributed by atoms with Crippen molar-refractivity contribution in [2.75, 3.05) is 5.43 Å². The van der Waals surface area contributed by atoms with E-state index in [1.165, 1.54) is 30.4 Å². The predicted octanol–water partition coefficient (Wildman–Crippen LogP) is 7.17. The number of fused-ring (bicyclic) bond motifs is 1. The Morgan fingerprint density at radius 1 is 0.875 bits per heavy atom. The summed E-state index contributed by atoms with van der Waals surface area (Å²) < 4.78 is 0. The van der Waals surface area contributed by atoms with E-state index in [0.717, 1.165) is 34.2 Å². The van der Waals surface area contributed by atoms with Gasteiger partial charge in [0.15, 0.2) is 11.6 Å². The van der Waals surface area contributed by atoms with Gasteiger partial charge in [0.2, 0.25) is 0 Å². The molecule has 0 bridgehead atoms. The van der Waals surface area contributed by atoms with Gasteiger partial charge in [0, 0.05) is 10.9 Å². The van der Waals surface area contributed by atoms with Gasteiger partial charge in [-0.3, -0.25) is 5.43 Å². The first kappa shape index (κ1) is 21.7. The number of aromatic nitrogens is 2. The minimum Gasteiger partial charge on any atom is -0.260 e. The summed E-state index contributed by atoms with van der Waals surface area (Å²) >= 11 is 0.